The number of benzene rings is 1. The molecule has 1 aromatic carbocycles. The van der Waals surface area contributed by atoms with Crippen LogP contribution in [0.3, 0.4) is 0 Å². The van der Waals surface area contributed by atoms with Gasteiger partial charge in [-0.05, 0) is 43.5 Å². The van der Waals surface area contributed by atoms with Crippen LogP contribution in [0.15, 0.2) is 30.3 Å². The average Bonchev–Trinajstić information content (AvgIpc) is 2.67. The van der Waals surface area contributed by atoms with Crippen LogP contribution in [-0.4, -0.2) is 49.8 Å². The lowest BCUT2D eigenvalue weighted by Crippen LogP contribution is -2.47. The third-order valence-corrected chi connectivity index (χ3v) is 4.87. The normalized spacial score (nSPS) is 14.6. The number of piperazine rings is 1. The Morgan fingerprint density at radius 3 is 2.33 bits per heavy atom. The highest BCUT2D eigenvalue weighted by atomic mass is 16.5. The second kappa shape index (κ2) is 8.93. The predicted octanol–water partition coefficient (Wildman–Crippen LogP) is 3.58. The van der Waals surface area contributed by atoms with Gasteiger partial charge in [0.1, 0.15) is 11.6 Å². The molecule has 1 aliphatic rings. The first kappa shape index (κ1) is 19.3. The quantitative estimate of drug-likeness (QED) is 0.805. The fourth-order valence-corrected chi connectivity index (χ4v) is 3.23. The molecule has 0 aliphatic carbocycles. The summed E-state index contributed by atoms with van der Waals surface area (Å²) < 4.78 is 5.25. The molecule has 6 heteroatoms. The molecule has 146 valence electrons. The van der Waals surface area contributed by atoms with E-state index in [0.717, 1.165) is 62.4 Å². The molecule has 2 heterocycles. The first-order chi connectivity index (χ1) is 13.0. The lowest BCUT2D eigenvalue weighted by Gasteiger charge is -2.36. The van der Waals surface area contributed by atoms with Crippen LogP contribution in [0.1, 0.15) is 26.0 Å². The molecule has 2 aromatic rings. The number of ether oxygens (including phenoxy) is 1. The smallest absolute Gasteiger partial charge is 0.227 e. The van der Waals surface area contributed by atoms with Crippen molar-refractivity contribution in [2.24, 2.45) is 5.92 Å². The van der Waals surface area contributed by atoms with Gasteiger partial charge in [-0.2, -0.15) is 4.98 Å². The van der Waals surface area contributed by atoms with E-state index in [-0.39, 0.29) is 0 Å². The molecule has 0 amide bonds. The molecule has 0 bridgehead atoms. The summed E-state index contributed by atoms with van der Waals surface area (Å²) in [6.45, 7) is 11.2. The SMILES string of the molecule is COc1ccc(N2CCN(c3nc(C)cc(NCCC(C)C)n3)CC2)cc1. The maximum atomic E-state index is 5.25. The number of aryl methyl sites for hydroxylation is 1. The Labute approximate surface area is 162 Å². The third-order valence-electron chi connectivity index (χ3n) is 4.87. The van der Waals surface area contributed by atoms with Crippen LogP contribution < -0.4 is 19.9 Å². The summed E-state index contributed by atoms with van der Waals surface area (Å²) >= 11 is 0. The van der Waals surface area contributed by atoms with Gasteiger partial charge in [0.05, 0.1) is 7.11 Å². The summed E-state index contributed by atoms with van der Waals surface area (Å²) in [5.74, 6) is 3.33. The van der Waals surface area contributed by atoms with Crippen LogP contribution in [0.4, 0.5) is 17.5 Å². The fraction of sp³-hybridized carbons (Fsp3) is 0.524. The van der Waals surface area contributed by atoms with Crippen molar-refractivity contribution < 1.29 is 4.74 Å². The van der Waals surface area contributed by atoms with Crippen molar-refractivity contribution in [1.82, 2.24) is 9.97 Å². The van der Waals surface area contributed by atoms with Crippen molar-refractivity contribution in [2.45, 2.75) is 27.2 Å². The van der Waals surface area contributed by atoms with E-state index in [4.69, 9.17) is 9.72 Å². The van der Waals surface area contributed by atoms with Crippen molar-refractivity contribution >= 4 is 17.5 Å². The minimum atomic E-state index is 0.686. The zero-order valence-corrected chi connectivity index (χ0v) is 16.9. The summed E-state index contributed by atoms with van der Waals surface area (Å²) in [5.41, 5.74) is 2.24. The van der Waals surface area contributed by atoms with Gasteiger partial charge in [0, 0.05) is 50.2 Å². The van der Waals surface area contributed by atoms with E-state index in [9.17, 15) is 0 Å². The summed E-state index contributed by atoms with van der Waals surface area (Å²) in [4.78, 5) is 14.1. The minimum Gasteiger partial charge on any atom is -0.497 e. The maximum Gasteiger partial charge on any atom is 0.227 e. The van der Waals surface area contributed by atoms with Crippen molar-refractivity contribution in [3.63, 3.8) is 0 Å². The Morgan fingerprint density at radius 2 is 1.70 bits per heavy atom. The molecule has 0 radical (unpaired) electrons. The van der Waals surface area contributed by atoms with Gasteiger partial charge in [-0.15, -0.1) is 0 Å². The van der Waals surface area contributed by atoms with Gasteiger partial charge >= 0.3 is 0 Å². The molecule has 1 saturated heterocycles. The highest BCUT2D eigenvalue weighted by molar-refractivity contribution is 5.51. The van der Waals surface area contributed by atoms with E-state index in [2.05, 4.69) is 46.1 Å². The zero-order chi connectivity index (χ0) is 19.2. The molecule has 0 atom stereocenters. The number of aromatic nitrogens is 2. The second-order valence-corrected chi connectivity index (χ2v) is 7.48. The van der Waals surface area contributed by atoms with E-state index < -0.39 is 0 Å². The van der Waals surface area contributed by atoms with Crippen molar-refractivity contribution in [2.75, 3.05) is 55.0 Å². The van der Waals surface area contributed by atoms with E-state index >= 15 is 0 Å². The zero-order valence-electron chi connectivity index (χ0n) is 16.9. The Bertz CT molecular complexity index is 724. The van der Waals surface area contributed by atoms with Gasteiger partial charge < -0.3 is 19.9 Å². The van der Waals surface area contributed by atoms with E-state index in [1.807, 2.05) is 25.1 Å². The molecule has 1 fully saturated rings. The number of hydrogen-bond acceptors (Lipinski definition) is 6. The molecular formula is C21H31N5O. The Morgan fingerprint density at radius 1 is 1.04 bits per heavy atom. The molecular weight excluding hydrogens is 338 g/mol. The van der Waals surface area contributed by atoms with Crippen LogP contribution in [0.25, 0.3) is 0 Å². The number of hydrogen-bond donors (Lipinski definition) is 1. The molecule has 0 spiro atoms. The first-order valence-electron chi connectivity index (χ1n) is 9.78. The summed E-state index contributed by atoms with van der Waals surface area (Å²) in [5, 5.41) is 3.44. The van der Waals surface area contributed by atoms with Crippen LogP contribution >= 0.6 is 0 Å². The van der Waals surface area contributed by atoms with Crippen molar-refractivity contribution in [3.05, 3.63) is 36.0 Å². The summed E-state index contributed by atoms with van der Waals surface area (Å²) in [6, 6.07) is 10.3. The lowest BCUT2D eigenvalue weighted by atomic mass is 10.1. The number of nitrogens with zero attached hydrogens (tertiary/aromatic N) is 4. The van der Waals surface area contributed by atoms with E-state index in [1.54, 1.807) is 7.11 Å². The second-order valence-electron chi connectivity index (χ2n) is 7.48. The summed E-state index contributed by atoms with van der Waals surface area (Å²) in [7, 11) is 1.70. The van der Waals surface area contributed by atoms with Crippen LogP contribution in [0.5, 0.6) is 5.75 Å². The molecule has 27 heavy (non-hydrogen) atoms. The van der Waals surface area contributed by atoms with Gasteiger partial charge in [-0.25, -0.2) is 4.98 Å². The maximum absolute atomic E-state index is 5.25. The van der Waals surface area contributed by atoms with E-state index in [0.29, 0.717) is 5.92 Å². The summed E-state index contributed by atoms with van der Waals surface area (Å²) in [6.07, 6.45) is 1.14. The molecule has 6 nitrogen and oxygen atoms in total. The van der Waals surface area contributed by atoms with Crippen LogP contribution in [0, 0.1) is 12.8 Å². The molecule has 1 aliphatic heterocycles. The Balaban J connectivity index is 1.60. The third kappa shape index (κ3) is 5.25. The van der Waals surface area contributed by atoms with Crippen LogP contribution in [0.2, 0.25) is 0 Å². The average molecular weight is 370 g/mol. The number of nitrogens with one attached hydrogen (secondary N) is 1. The topological polar surface area (TPSA) is 53.5 Å². The van der Waals surface area contributed by atoms with E-state index in [1.165, 1.54) is 5.69 Å². The van der Waals surface area contributed by atoms with Crippen molar-refractivity contribution in [3.8, 4) is 5.75 Å². The molecule has 0 unspecified atom stereocenters. The largest absolute Gasteiger partial charge is 0.497 e. The molecule has 0 saturated carbocycles. The Hall–Kier alpha value is -2.50. The van der Waals surface area contributed by atoms with Gasteiger partial charge in [0.2, 0.25) is 5.95 Å². The van der Waals surface area contributed by atoms with Gasteiger partial charge in [0.25, 0.3) is 0 Å². The predicted molar refractivity (Wildman–Crippen MR) is 112 cm³/mol. The fourth-order valence-electron chi connectivity index (χ4n) is 3.23. The highest BCUT2D eigenvalue weighted by Crippen LogP contribution is 2.22. The van der Waals surface area contributed by atoms with Gasteiger partial charge in [-0.1, -0.05) is 13.8 Å². The number of methoxy groups -OCH3 is 1. The molecule has 1 N–H and O–H groups in total. The van der Waals surface area contributed by atoms with Gasteiger partial charge in [-0.3, -0.25) is 0 Å². The number of anilines is 3. The molecule has 1 aromatic heterocycles. The Kier molecular flexibility index (Phi) is 6.37. The first-order valence-corrected chi connectivity index (χ1v) is 9.78. The van der Waals surface area contributed by atoms with Crippen molar-refractivity contribution in [1.29, 1.82) is 0 Å². The monoisotopic (exact) mass is 369 g/mol. The lowest BCUT2D eigenvalue weighted by molar-refractivity contribution is 0.415. The number of rotatable bonds is 7. The highest BCUT2D eigenvalue weighted by Gasteiger charge is 2.20. The molecule has 3 rings (SSSR count). The standard InChI is InChI=1S/C21H31N5O/c1-16(2)9-10-22-20-15-17(3)23-21(24-20)26-13-11-25(12-14-26)18-5-7-19(27-4)8-6-18/h5-8,15-16H,9-14H2,1-4H3,(H,22,23,24). The van der Waals surface area contributed by atoms with Crippen LogP contribution in [-0.2, 0) is 0 Å². The van der Waals surface area contributed by atoms with Gasteiger partial charge in [0.15, 0.2) is 0 Å². The minimum absolute atomic E-state index is 0.686.